The molecule has 21 heavy (non-hydrogen) atoms. The molecule has 4 nitrogen and oxygen atoms in total. The molecule has 0 radical (unpaired) electrons. The first-order valence-corrected chi connectivity index (χ1v) is 8.32. The molecule has 0 saturated heterocycles. The second-order valence-corrected chi connectivity index (χ2v) is 7.42. The molecule has 1 rings (SSSR count). The predicted molar refractivity (Wildman–Crippen MR) is 83.9 cm³/mol. The van der Waals surface area contributed by atoms with E-state index < -0.39 is 32.6 Å². The van der Waals surface area contributed by atoms with Gasteiger partial charge in [0, 0.05) is 18.7 Å². The van der Waals surface area contributed by atoms with E-state index >= 15 is 0 Å². The summed E-state index contributed by atoms with van der Waals surface area (Å²) >= 11 is 2.84. The Balaban J connectivity index is 0.00000400. The van der Waals surface area contributed by atoms with E-state index in [1.165, 1.54) is 0 Å². The topological polar surface area (TPSA) is 72.2 Å². The molecule has 1 atom stereocenters. The molecule has 0 saturated carbocycles. The van der Waals surface area contributed by atoms with Crippen LogP contribution in [-0.4, -0.2) is 21.0 Å². The first-order valence-electron chi connectivity index (χ1n) is 6.04. The summed E-state index contributed by atoms with van der Waals surface area (Å²) in [7, 11) is -4.09. The maximum Gasteiger partial charge on any atom is 0.243 e. The molecular weight excluding hydrogens is 390 g/mol. The van der Waals surface area contributed by atoms with Crippen LogP contribution in [0, 0.1) is 17.6 Å². The molecule has 0 aliphatic heterocycles. The Labute approximate surface area is 138 Å². The Morgan fingerprint density at radius 2 is 1.86 bits per heavy atom. The first kappa shape index (κ1) is 20.7. The van der Waals surface area contributed by atoms with Gasteiger partial charge in [-0.3, -0.25) is 0 Å². The number of hydrogen-bond donors (Lipinski definition) is 2. The number of sulfonamides is 1. The fraction of sp³-hybridized carbons (Fsp3) is 0.500. The second-order valence-electron chi connectivity index (χ2n) is 4.88. The highest BCUT2D eigenvalue weighted by atomic mass is 79.9. The Bertz CT molecular complexity index is 585. The van der Waals surface area contributed by atoms with Gasteiger partial charge in [-0.2, -0.15) is 0 Å². The minimum atomic E-state index is -4.09. The van der Waals surface area contributed by atoms with Crippen LogP contribution in [0.2, 0.25) is 0 Å². The van der Waals surface area contributed by atoms with Crippen LogP contribution >= 0.6 is 28.3 Å². The lowest BCUT2D eigenvalue weighted by Crippen LogP contribution is -2.41. The summed E-state index contributed by atoms with van der Waals surface area (Å²) < 4.78 is 53.2. The van der Waals surface area contributed by atoms with E-state index in [4.69, 9.17) is 5.73 Å². The zero-order valence-corrected chi connectivity index (χ0v) is 14.8. The smallest absolute Gasteiger partial charge is 0.243 e. The van der Waals surface area contributed by atoms with Gasteiger partial charge >= 0.3 is 0 Å². The summed E-state index contributed by atoms with van der Waals surface area (Å²) in [5, 5.41) is 0. The molecule has 0 spiro atoms. The van der Waals surface area contributed by atoms with E-state index in [1.807, 2.05) is 13.8 Å². The Kier molecular flexibility index (Phi) is 8.27. The van der Waals surface area contributed by atoms with E-state index in [1.54, 1.807) is 0 Å². The number of hydrogen-bond acceptors (Lipinski definition) is 3. The first-order chi connectivity index (χ1) is 9.17. The monoisotopic (exact) mass is 406 g/mol. The highest BCUT2D eigenvalue weighted by molar-refractivity contribution is 9.10. The lowest BCUT2D eigenvalue weighted by molar-refractivity contribution is 0.462. The van der Waals surface area contributed by atoms with Gasteiger partial charge in [-0.05, 0) is 34.3 Å². The summed E-state index contributed by atoms with van der Waals surface area (Å²) in [5.74, 6) is -1.77. The third kappa shape index (κ3) is 5.78. The van der Waals surface area contributed by atoms with Crippen molar-refractivity contribution in [1.82, 2.24) is 4.72 Å². The third-order valence-electron chi connectivity index (χ3n) is 2.63. The van der Waals surface area contributed by atoms with Gasteiger partial charge in [0.15, 0.2) is 0 Å². The van der Waals surface area contributed by atoms with Crippen molar-refractivity contribution in [3.8, 4) is 0 Å². The Hall–Kier alpha value is -0.280. The third-order valence-corrected chi connectivity index (χ3v) is 4.77. The fourth-order valence-electron chi connectivity index (χ4n) is 1.75. The Morgan fingerprint density at radius 1 is 1.29 bits per heavy atom. The van der Waals surface area contributed by atoms with Crippen molar-refractivity contribution in [1.29, 1.82) is 0 Å². The molecule has 1 aromatic rings. The average molecular weight is 408 g/mol. The summed E-state index contributed by atoms with van der Waals surface area (Å²) in [6.45, 7) is 3.94. The van der Waals surface area contributed by atoms with Crippen molar-refractivity contribution in [2.75, 3.05) is 6.54 Å². The van der Waals surface area contributed by atoms with E-state index in [-0.39, 0.29) is 29.3 Å². The lowest BCUT2D eigenvalue weighted by Gasteiger charge is -2.19. The van der Waals surface area contributed by atoms with Crippen LogP contribution in [0.25, 0.3) is 0 Å². The van der Waals surface area contributed by atoms with Gasteiger partial charge in [-0.1, -0.05) is 13.8 Å². The van der Waals surface area contributed by atoms with Crippen LogP contribution in [0.15, 0.2) is 21.5 Å². The van der Waals surface area contributed by atoms with Crippen molar-refractivity contribution in [3.05, 3.63) is 28.2 Å². The normalized spacial score (nSPS) is 13.1. The standard InChI is InChI=1S/C12H17BrF2N2O2S.ClH/c1-7(2)3-8(6-16)17-20(18,19)12-4-9(13)10(14)5-11(12)15;/h4-5,7-8,17H,3,6,16H2,1-2H3;1H. The number of nitrogens with two attached hydrogens (primary N) is 1. The maximum absolute atomic E-state index is 13.6. The minimum Gasteiger partial charge on any atom is -0.329 e. The van der Waals surface area contributed by atoms with E-state index in [0.29, 0.717) is 12.5 Å². The lowest BCUT2D eigenvalue weighted by atomic mass is 10.1. The quantitative estimate of drug-likeness (QED) is 0.712. The zero-order valence-electron chi connectivity index (χ0n) is 11.6. The summed E-state index contributed by atoms with van der Waals surface area (Å²) in [5.41, 5.74) is 5.51. The molecule has 0 bridgehead atoms. The molecule has 0 aliphatic carbocycles. The molecule has 1 aromatic carbocycles. The van der Waals surface area contributed by atoms with Crippen molar-refractivity contribution in [2.24, 2.45) is 11.7 Å². The molecule has 9 heteroatoms. The van der Waals surface area contributed by atoms with Crippen LogP contribution in [0.1, 0.15) is 20.3 Å². The largest absolute Gasteiger partial charge is 0.329 e. The average Bonchev–Trinajstić information content (AvgIpc) is 2.31. The molecule has 0 fully saturated rings. The van der Waals surface area contributed by atoms with Crippen molar-refractivity contribution < 1.29 is 17.2 Å². The van der Waals surface area contributed by atoms with Crippen LogP contribution in [0.3, 0.4) is 0 Å². The molecular formula is C12H18BrClF2N2O2S. The van der Waals surface area contributed by atoms with Crippen LogP contribution < -0.4 is 10.5 Å². The van der Waals surface area contributed by atoms with E-state index in [9.17, 15) is 17.2 Å². The highest BCUT2D eigenvalue weighted by Gasteiger charge is 2.24. The number of benzene rings is 1. The molecule has 0 aromatic heterocycles. The van der Waals surface area contributed by atoms with Crippen molar-refractivity contribution >= 4 is 38.4 Å². The van der Waals surface area contributed by atoms with Gasteiger partial charge in [0.1, 0.15) is 16.5 Å². The molecule has 1 unspecified atom stereocenters. The van der Waals surface area contributed by atoms with Crippen LogP contribution in [0.5, 0.6) is 0 Å². The summed E-state index contributed by atoms with van der Waals surface area (Å²) in [6, 6.07) is 0.928. The molecule has 3 N–H and O–H groups in total. The highest BCUT2D eigenvalue weighted by Crippen LogP contribution is 2.23. The van der Waals surface area contributed by atoms with E-state index in [2.05, 4.69) is 20.7 Å². The summed E-state index contributed by atoms with van der Waals surface area (Å²) in [4.78, 5) is -0.604. The van der Waals surface area contributed by atoms with Gasteiger partial charge in [-0.25, -0.2) is 21.9 Å². The number of rotatable bonds is 6. The predicted octanol–water partition coefficient (Wildman–Crippen LogP) is 2.80. The minimum absolute atomic E-state index is 0. The number of nitrogens with one attached hydrogen (secondary N) is 1. The van der Waals surface area contributed by atoms with Gasteiger partial charge in [0.25, 0.3) is 0 Å². The fourth-order valence-corrected chi connectivity index (χ4v) is 3.60. The molecule has 0 amide bonds. The maximum atomic E-state index is 13.6. The zero-order chi connectivity index (χ0) is 15.5. The van der Waals surface area contributed by atoms with Gasteiger partial charge < -0.3 is 5.73 Å². The summed E-state index contributed by atoms with van der Waals surface area (Å²) in [6.07, 6.45) is 0.527. The van der Waals surface area contributed by atoms with Crippen LogP contribution in [-0.2, 0) is 10.0 Å². The molecule has 0 aliphatic rings. The SMILES string of the molecule is CC(C)CC(CN)NS(=O)(=O)c1cc(Br)c(F)cc1F.Cl. The van der Waals surface area contributed by atoms with Crippen LogP contribution in [0.4, 0.5) is 8.78 Å². The molecule has 122 valence electrons. The van der Waals surface area contributed by atoms with Gasteiger partial charge in [-0.15, -0.1) is 12.4 Å². The van der Waals surface area contributed by atoms with Crippen molar-refractivity contribution in [3.63, 3.8) is 0 Å². The number of halogens is 4. The van der Waals surface area contributed by atoms with E-state index in [0.717, 1.165) is 6.07 Å². The van der Waals surface area contributed by atoms with Gasteiger partial charge in [0.2, 0.25) is 10.0 Å². The second kappa shape index (κ2) is 8.38. The van der Waals surface area contributed by atoms with Crippen molar-refractivity contribution in [2.45, 2.75) is 31.2 Å². The Morgan fingerprint density at radius 3 is 2.33 bits per heavy atom. The molecule has 0 heterocycles. The van der Waals surface area contributed by atoms with Gasteiger partial charge in [0.05, 0.1) is 4.47 Å².